The third kappa shape index (κ3) is 2.86. The SMILES string of the molecule is C=C1c2ccccc2C(=O)N1CC(=O)NNC(=O)c1cccs1. The molecule has 23 heavy (non-hydrogen) atoms. The molecule has 0 saturated heterocycles. The van der Waals surface area contributed by atoms with Gasteiger partial charge in [0.2, 0.25) is 0 Å². The molecule has 2 N–H and O–H groups in total. The summed E-state index contributed by atoms with van der Waals surface area (Å²) in [6.45, 7) is 3.64. The number of amides is 3. The molecule has 1 aromatic carbocycles. The van der Waals surface area contributed by atoms with E-state index in [-0.39, 0.29) is 12.5 Å². The van der Waals surface area contributed by atoms with Crippen LogP contribution in [-0.2, 0) is 4.79 Å². The van der Waals surface area contributed by atoms with Crippen molar-refractivity contribution in [2.24, 2.45) is 0 Å². The molecule has 0 unspecified atom stereocenters. The standard InChI is InChI=1S/C16H13N3O3S/c1-10-11-5-2-3-6-12(11)16(22)19(10)9-14(20)17-18-15(21)13-7-4-8-23-13/h2-8H,1,9H2,(H,17,20)(H,18,21). The lowest BCUT2D eigenvalue weighted by Crippen LogP contribution is -2.46. The first-order chi connectivity index (χ1) is 11.1. The van der Waals surface area contributed by atoms with Crippen LogP contribution >= 0.6 is 11.3 Å². The van der Waals surface area contributed by atoms with Crippen molar-refractivity contribution in [3.63, 3.8) is 0 Å². The molecule has 0 spiro atoms. The summed E-state index contributed by atoms with van der Waals surface area (Å²) in [6, 6.07) is 10.4. The van der Waals surface area contributed by atoms with E-state index in [0.29, 0.717) is 21.7 Å². The largest absolute Gasteiger partial charge is 0.299 e. The Morgan fingerprint density at radius 1 is 1.09 bits per heavy atom. The van der Waals surface area contributed by atoms with E-state index in [1.807, 2.05) is 6.07 Å². The van der Waals surface area contributed by atoms with Crippen LogP contribution in [0.1, 0.15) is 25.6 Å². The summed E-state index contributed by atoms with van der Waals surface area (Å²) in [5.74, 6) is -1.18. The smallest absolute Gasteiger partial charge is 0.279 e. The van der Waals surface area contributed by atoms with Gasteiger partial charge in [-0.2, -0.15) is 0 Å². The van der Waals surface area contributed by atoms with Crippen molar-refractivity contribution >= 4 is 34.8 Å². The highest BCUT2D eigenvalue weighted by molar-refractivity contribution is 7.12. The van der Waals surface area contributed by atoms with Crippen LogP contribution in [0.5, 0.6) is 0 Å². The first-order valence-corrected chi connectivity index (χ1v) is 7.69. The van der Waals surface area contributed by atoms with Crippen molar-refractivity contribution in [2.45, 2.75) is 0 Å². The maximum Gasteiger partial charge on any atom is 0.279 e. The van der Waals surface area contributed by atoms with E-state index in [0.717, 1.165) is 0 Å². The molecule has 3 rings (SSSR count). The number of hydrogen-bond donors (Lipinski definition) is 2. The Morgan fingerprint density at radius 2 is 1.83 bits per heavy atom. The summed E-state index contributed by atoms with van der Waals surface area (Å²) >= 11 is 1.27. The van der Waals surface area contributed by atoms with Crippen LogP contribution in [0.2, 0.25) is 0 Å². The Balaban J connectivity index is 1.60. The minimum atomic E-state index is -0.503. The van der Waals surface area contributed by atoms with Gasteiger partial charge in [0.25, 0.3) is 17.7 Å². The predicted octanol–water partition coefficient (Wildman–Crippen LogP) is 1.64. The van der Waals surface area contributed by atoms with Crippen LogP contribution in [0.3, 0.4) is 0 Å². The highest BCUT2D eigenvalue weighted by Gasteiger charge is 2.31. The van der Waals surface area contributed by atoms with E-state index in [2.05, 4.69) is 17.4 Å². The molecular formula is C16H13N3O3S. The fraction of sp³-hybridized carbons (Fsp3) is 0.0625. The molecule has 2 aromatic rings. The summed E-state index contributed by atoms with van der Waals surface area (Å²) in [5.41, 5.74) is 6.33. The Labute approximate surface area is 136 Å². The van der Waals surface area contributed by atoms with Gasteiger partial charge in [0, 0.05) is 16.8 Å². The maximum absolute atomic E-state index is 12.3. The summed E-state index contributed by atoms with van der Waals surface area (Å²) < 4.78 is 0. The third-order valence-corrected chi connectivity index (χ3v) is 4.27. The second-order valence-electron chi connectivity index (χ2n) is 4.86. The molecule has 3 amide bonds. The van der Waals surface area contributed by atoms with Gasteiger partial charge in [-0.05, 0) is 17.5 Å². The molecule has 0 bridgehead atoms. The van der Waals surface area contributed by atoms with E-state index < -0.39 is 11.8 Å². The minimum absolute atomic E-state index is 0.211. The molecule has 1 aromatic heterocycles. The highest BCUT2D eigenvalue weighted by atomic mass is 32.1. The highest BCUT2D eigenvalue weighted by Crippen LogP contribution is 2.30. The topological polar surface area (TPSA) is 78.5 Å². The van der Waals surface area contributed by atoms with Crippen molar-refractivity contribution in [1.29, 1.82) is 0 Å². The second-order valence-corrected chi connectivity index (χ2v) is 5.81. The zero-order valence-corrected chi connectivity index (χ0v) is 12.9. The van der Waals surface area contributed by atoms with Crippen molar-refractivity contribution < 1.29 is 14.4 Å². The van der Waals surface area contributed by atoms with Gasteiger partial charge in [0.1, 0.15) is 6.54 Å². The molecule has 0 radical (unpaired) electrons. The van der Waals surface area contributed by atoms with Crippen LogP contribution in [0.15, 0.2) is 48.4 Å². The lowest BCUT2D eigenvalue weighted by Gasteiger charge is -2.17. The minimum Gasteiger partial charge on any atom is -0.299 e. The maximum atomic E-state index is 12.3. The van der Waals surface area contributed by atoms with Gasteiger partial charge in [-0.15, -0.1) is 11.3 Å². The number of nitrogens with zero attached hydrogens (tertiary/aromatic N) is 1. The summed E-state index contributed by atoms with van der Waals surface area (Å²) in [7, 11) is 0. The number of carbonyl (C=O) groups is 3. The van der Waals surface area contributed by atoms with E-state index in [1.54, 1.807) is 35.7 Å². The molecular weight excluding hydrogens is 314 g/mol. The molecule has 0 saturated carbocycles. The molecule has 2 heterocycles. The summed E-state index contributed by atoms with van der Waals surface area (Å²) in [6.07, 6.45) is 0. The van der Waals surface area contributed by atoms with Crippen LogP contribution in [0.25, 0.3) is 5.70 Å². The number of hydrazine groups is 1. The Morgan fingerprint density at radius 3 is 2.48 bits per heavy atom. The molecule has 7 heteroatoms. The van der Waals surface area contributed by atoms with Crippen LogP contribution < -0.4 is 10.9 Å². The average molecular weight is 327 g/mol. The third-order valence-electron chi connectivity index (χ3n) is 3.40. The van der Waals surface area contributed by atoms with Gasteiger partial charge in [0.05, 0.1) is 4.88 Å². The monoisotopic (exact) mass is 327 g/mol. The number of rotatable bonds is 3. The van der Waals surface area contributed by atoms with Crippen molar-refractivity contribution in [3.8, 4) is 0 Å². The molecule has 0 atom stereocenters. The molecule has 0 fully saturated rings. The fourth-order valence-electron chi connectivity index (χ4n) is 2.28. The number of carbonyl (C=O) groups excluding carboxylic acids is 3. The first-order valence-electron chi connectivity index (χ1n) is 6.81. The van der Waals surface area contributed by atoms with Gasteiger partial charge >= 0.3 is 0 Å². The normalized spacial score (nSPS) is 13.0. The van der Waals surface area contributed by atoms with Gasteiger partial charge in [0.15, 0.2) is 0 Å². The van der Waals surface area contributed by atoms with Gasteiger partial charge in [-0.25, -0.2) is 0 Å². The fourth-order valence-corrected chi connectivity index (χ4v) is 2.90. The van der Waals surface area contributed by atoms with Gasteiger partial charge < -0.3 is 0 Å². The lowest BCUT2D eigenvalue weighted by atomic mass is 10.1. The van der Waals surface area contributed by atoms with Crippen molar-refractivity contribution in [3.05, 3.63) is 64.4 Å². The quantitative estimate of drug-likeness (QED) is 0.841. The van der Waals surface area contributed by atoms with Crippen LogP contribution in [0, 0.1) is 0 Å². The number of thiophene rings is 1. The Kier molecular flexibility index (Phi) is 3.94. The predicted molar refractivity (Wildman–Crippen MR) is 86.4 cm³/mol. The number of hydrogen-bond acceptors (Lipinski definition) is 4. The van der Waals surface area contributed by atoms with Crippen molar-refractivity contribution in [1.82, 2.24) is 15.8 Å². The molecule has 0 aliphatic carbocycles. The number of fused-ring (bicyclic) bond motifs is 1. The van der Waals surface area contributed by atoms with Gasteiger partial charge in [-0.3, -0.25) is 30.1 Å². The van der Waals surface area contributed by atoms with E-state index >= 15 is 0 Å². The first kappa shape index (κ1) is 15.0. The summed E-state index contributed by atoms with van der Waals surface area (Å²) in [5, 5.41) is 1.76. The lowest BCUT2D eigenvalue weighted by molar-refractivity contribution is -0.122. The summed E-state index contributed by atoms with van der Waals surface area (Å²) in [4.78, 5) is 37.7. The molecule has 116 valence electrons. The van der Waals surface area contributed by atoms with Gasteiger partial charge in [-0.1, -0.05) is 30.8 Å². The Bertz CT molecular complexity index is 764. The van der Waals surface area contributed by atoms with Crippen LogP contribution in [-0.4, -0.2) is 29.2 Å². The average Bonchev–Trinajstić information content (AvgIpc) is 3.17. The van der Waals surface area contributed by atoms with Crippen molar-refractivity contribution in [2.75, 3.05) is 6.54 Å². The van der Waals surface area contributed by atoms with E-state index in [1.165, 1.54) is 16.2 Å². The number of nitrogens with one attached hydrogen (secondary N) is 2. The van der Waals surface area contributed by atoms with E-state index in [4.69, 9.17) is 0 Å². The van der Waals surface area contributed by atoms with E-state index in [9.17, 15) is 14.4 Å². The molecule has 1 aliphatic heterocycles. The second kappa shape index (κ2) is 6.05. The Hall–Kier alpha value is -2.93. The zero-order chi connectivity index (χ0) is 16.4. The zero-order valence-electron chi connectivity index (χ0n) is 12.0. The molecule has 1 aliphatic rings. The molecule has 6 nitrogen and oxygen atoms in total. The number of benzene rings is 1. The van der Waals surface area contributed by atoms with Crippen LogP contribution in [0.4, 0.5) is 0 Å².